The SMILES string of the molecule is NC(=S)c1ccc(NC(=O)Cc2cccc(F)c2)c(F)c1. The van der Waals surface area contributed by atoms with E-state index in [4.69, 9.17) is 18.0 Å². The Morgan fingerprint density at radius 3 is 2.57 bits per heavy atom. The van der Waals surface area contributed by atoms with Crippen LogP contribution in [0.25, 0.3) is 0 Å². The van der Waals surface area contributed by atoms with Crippen LogP contribution in [0.5, 0.6) is 0 Å². The molecule has 2 rings (SSSR count). The summed E-state index contributed by atoms with van der Waals surface area (Å²) in [6.45, 7) is 0. The molecule has 1 amide bonds. The van der Waals surface area contributed by atoms with E-state index in [0.29, 0.717) is 11.1 Å². The van der Waals surface area contributed by atoms with E-state index in [-0.39, 0.29) is 17.1 Å². The minimum absolute atomic E-state index is 0.0244. The second-order valence-electron chi connectivity index (χ2n) is 4.41. The van der Waals surface area contributed by atoms with Crippen molar-refractivity contribution in [1.82, 2.24) is 0 Å². The molecular weight excluding hydrogens is 294 g/mol. The number of rotatable bonds is 4. The zero-order valence-corrected chi connectivity index (χ0v) is 11.7. The van der Waals surface area contributed by atoms with Crippen molar-refractivity contribution in [2.75, 3.05) is 5.32 Å². The normalized spacial score (nSPS) is 10.2. The lowest BCUT2D eigenvalue weighted by Gasteiger charge is -2.08. The summed E-state index contributed by atoms with van der Waals surface area (Å²) in [5, 5.41) is 2.42. The van der Waals surface area contributed by atoms with Gasteiger partial charge in [-0.25, -0.2) is 8.78 Å². The van der Waals surface area contributed by atoms with Crippen molar-refractivity contribution in [2.24, 2.45) is 5.73 Å². The Morgan fingerprint density at radius 2 is 1.95 bits per heavy atom. The Balaban J connectivity index is 2.08. The number of hydrogen-bond acceptors (Lipinski definition) is 2. The first kappa shape index (κ1) is 15.1. The number of thiocarbonyl (C=S) groups is 1. The zero-order chi connectivity index (χ0) is 15.4. The van der Waals surface area contributed by atoms with E-state index in [1.165, 1.54) is 30.3 Å². The standard InChI is InChI=1S/C15H12F2N2OS/c16-11-3-1-2-9(6-11)7-14(20)19-13-5-4-10(15(18)21)8-12(13)17/h1-6,8H,7H2,(H2,18,21)(H,19,20). The average molecular weight is 306 g/mol. The van der Waals surface area contributed by atoms with Gasteiger partial charge in [0.25, 0.3) is 0 Å². The Kier molecular flexibility index (Phi) is 4.59. The van der Waals surface area contributed by atoms with Gasteiger partial charge in [-0.05, 0) is 35.9 Å². The van der Waals surface area contributed by atoms with Crippen LogP contribution in [0.15, 0.2) is 42.5 Å². The number of carbonyl (C=O) groups is 1. The first-order valence-corrected chi connectivity index (χ1v) is 6.50. The molecule has 2 aromatic carbocycles. The van der Waals surface area contributed by atoms with E-state index in [0.717, 1.165) is 6.07 Å². The molecule has 0 heterocycles. The highest BCUT2D eigenvalue weighted by Crippen LogP contribution is 2.16. The predicted octanol–water partition coefficient (Wildman–Crippen LogP) is 2.78. The monoisotopic (exact) mass is 306 g/mol. The molecule has 0 fully saturated rings. The summed E-state index contributed by atoms with van der Waals surface area (Å²) >= 11 is 4.74. The van der Waals surface area contributed by atoms with Crippen molar-refractivity contribution < 1.29 is 13.6 Å². The molecule has 0 aliphatic rings. The highest BCUT2D eigenvalue weighted by Gasteiger charge is 2.10. The van der Waals surface area contributed by atoms with Crippen LogP contribution in [-0.4, -0.2) is 10.9 Å². The van der Waals surface area contributed by atoms with Crippen LogP contribution in [0.2, 0.25) is 0 Å². The van der Waals surface area contributed by atoms with Crippen LogP contribution < -0.4 is 11.1 Å². The second-order valence-corrected chi connectivity index (χ2v) is 4.85. The summed E-state index contributed by atoms with van der Waals surface area (Å²) in [4.78, 5) is 11.9. The highest BCUT2D eigenvalue weighted by atomic mass is 32.1. The third-order valence-corrected chi connectivity index (χ3v) is 3.02. The van der Waals surface area contributed by atoms with Gasteiger partial charge in [0.2, 0.25) is 5.91 Å². The number of amides is 1. The van der Waals surface area contributed by atoms with Crippen molar-refractivity contribution in [3.8, 4) is 0 Å². The van der Waals surface area contributed by atoms with E-state index in [1.807, 2.05) is 0 Å². The summed E-state index contributed by atoms with van der Waals surface area (Å²) < 4.78 is 26.8. The topological polar surface area (TPSA) is 55.1 Å². The third-order valence-electron chi connectivity index (χ3n) is 2.78. The van der Waals surface area contributed by atoms with Crippen LogP contribution in [-0.2, 0) is 11.2 Å². The summed E-state index contributed by atoms with van der Waals surface area (Å²) in [5.41, 5.74) is 6.30. The number of carbonyl (C=O) groups excluding carboxylic acids is 1. The first-order chi connectivity index (χ1) is 9.95. The molecule has 108 valence electrons. The molecule has 0 aliphatic carbocycles. The van der Waals surface area contributed by atoms with Gasteiger partial charge in [-0.3, -0.25) is 4.79 Å². The van der Waals surface area contributed by atoms with Crippen molar-refractivity contribution in [1.29, 1.82) is 0 Å². The minimum Gasteiger partial charge on any atom is -0.389 e. The molecule has 0 spiro atoms. The molecule has 21 heavy (non-hydrogen) atoms. The number of nitrogens with two attached hydrogens (primary N) is 1. The summed E-state index contributed by atoms with van der Waals surface area (Å²) in [5.74, 6) is -1.50. The van der Waals surface area contributed by atoms with Gasteiger partial charge in [-0.2, -0.15) is 0 Å². The first-order valence-electron chi connectivity index (χ1n) is 6.09. The van der Waals surface area contributed by atoms with Gasteiger partial charge in [0.05, 0.1) is 12.1 Å². The smallest absolute Gasteiger partial charge is 0.228 e. The number of halogens is 2. The van der Waals surface area contributed by atoms with E-state index < -0.39 is 17.5 Å². The Bertz CT molecular complexity index is 704. The van der Waals surface area contributed by atoms with Gasteiger partial charge in [0.1, 0.15) is 16.6 Å². The summed E-state index contributed by atoms with van der Waals surface area (Å²) in [6, 6.07) is 9.72. The van der Waals surface area contributed by atoms with Crippen LogP contribution in [0.3, 0.4) is 0 Å². The average Bonchev–Trinajstić information content (AvgIpc) is 2.40. The lowest BCUT2D eigenvalue weighted by Crippen LogP contribution is -2.16. The van der Waals surface area contributed by atoms with Crippen LogP contribution in [0.1, 0.15) is 11.1 Å². The maximum atomic E-state index is 13.8. The molecule has 0 saturated carbocycles. The van der Waals surface area contributed by atoms with Gasteiger partial charge in [0.15, 0.2) is 0 Å². The number of benzene rings is 2. The van der Waals surface area contributed by atoms with Crippen LogP contribution in [0.4, 0.5) is 14.5 Å². The second kappa shape index (κ2) is 6.41. The van der Waals surface area contributed by atoms with Gasteiger partial charge in [0, 0.05) is 5.56 Å². The van der Waals surface area contributed by atoms with Crippen LogP contribution in [0, 0.1) is 11.6 Å². The molecule has 3 nitrogen and oxygen atoms in total. The molecule has 0 bridgehead atoms. The highest BCUT2D eigenvalue weighted by molar-refractivity contribution is 7.80. The van der Waals surface area contributed by atoms with E-state index in [9.17, 15) is 13.6 Å². The molecule has 0 aliphatic heterocycles. The molecule has 2 aromatic rings. The fraction of sp³-hybridized carbons (Fsp3) is 0.0667. The summed E-state index contributed by atoms with van der Waals surface area (Å²) in [7, 11) is 0. The molecule has 0 aromatic heterocycles. The molecule has 6 heteroatoms. The lowest BCUT2D eigenvalue weighted by molar-refractivity contribution is -0.115. The van der Waals surface area contributed by atoms with Crippen molar-refractivity contribution >= 4 is 28.8 Å². The molecule has 0 unspecified atom stereocenters. The summed E-state index contributed by atoms with van der Waals surface area (Å²) in [6.07, 6.45) is -0.0474. The Morgan fingerprint density at radius 1 is 1.19 bits per heavy atom. The minimum atomic E-state index is -0.632. The quantitative estimate of drug-likeness (QED) is 0.854. The predicted molar refractivity (Wildman–Crippen MR) is 81.0 cm³/mol. The molecule has 0 saturated heterocycles. The molecule has 0 atom stereocenters. The number of nitrogens with one attached hydrogen (secondary N) is 1. The fourth-order valence-electron chi connectivity index (χ4n) is 1.80. The third kappa shape index (κ3) is 4.06. The largest absolute Gasteiger partial charge is 0.389 e. The van der Waals surface area contributed by atoms with Crippen molar-refractivity contribution in [3.05, 3.63) is 65.2 Å². The maximum Gasteiger partial charge on any atom is 0.228 e. The van der Waals surface area contributed by atoms with Crippen molar-refractivity contribution in [3.63, 3.8) is 0 Å². The number of hydrogen-bond donors (Lipinski definition) is 2. The van der Waals surface area contributed by atoms with Crippen LogP contribution >= 0.6 is 12.2 Å². The fourth-order valence-corrected chi connectivity index (χ4v) is 1.92. The molecule has 3 N–H and O–H groups in total. The Hall–Kier alpha value is -2.34. The van der Waals surface area contributed by atoms with Gasteiger partial charge in [-0.15, -0.1) is 0 Å². The Labute approximate surface area is 125 Å². The van der Waals surface area contributed by atoms with E-state index in [2.05, 4.69) is 5.32 Å². The van der Waals surface area contributed by atoms with Gasteiger partial charge < -0.3 is 11.1 Å². The maximum absolute atomic E-state index is 13.8. The molecule has 0 radical (unpaired) electrons. The van der Waals surface area contributed by atoms with Crippen molar-refractivity contribution in [2.45, 2.75) is 6.42 Å². The van der Waals surface area contributed by atoms with Gasteiger partial charge in [-0.1, -0.05) is 24.4 Å². The van der Waals surface area contributed by atoms with Gasteiger partial charge >= 0.3 is 0 Å². The number of anilines is 1. The molecular formula is C15H12F2N2OS. The lowest BCUT2D eigenvalue weighted by atomic mass is 10.1. The van der Waals surface area contributed by atoms with E-state index in [1.54, 1.807) is 6.07 Å². The van der Waals surface area contributed by atoms with E-state index >= 15 is 0 Å². The zero-order valence-electron chi connectivity index (χ0n) is 10.9.